The van der Waals surface area contributed by atoms with E-state index in [0.717, 1.165) is 16.5 Å². The van der Waals surface area contributed by atoms with Crippen LogP contribution in [0.25, 0.3) is 10.9 Å². The number of H-pyrrole nitrogens is 1. The van der Waals surface area contributed by atoms with Gasteiger partial charge < -0.3 is 10.1 Å². The van der Waals surface area contributed by atoms with Crippen LogP contribution in [0.1, 0.15) is 5.56 Å². The molecule has 4 N–H and O–H groups in total. The molecule has 0 fully saturated rings. The van der Waals surface area contributed by atoms with E-state index in [9.17, 15) is 4.79 Å². The lowest BCUT2D eigenvalue weighted by atomic mass is 10.1. The molecule has 2 rings (SSSR count). The van der Waals surface area contributed by atoms with E-state index in [1.165, 1.54) is 0 Å². The highest BCUT2D eigenvalue weighted by Gasteiger charge is 2.17. The first-order valence-electron chi connectivity index (χ1n) is 4.92. The normalized spacial score (nSPS) is 12.8. The zero-order valence-corrected chi connectivity index (χ0v) is 8.53. The molecule has 0 amide bonds. The van der Waals surface area contributed by atoms with E-state index in [4.69, 9.17) is 10.9 Å². The van der Waals surface area contributed by atoms with E-state index in [1.807, 2.05) is 29.7 Å². The third-order valence-electron chi connectivity index (χ3n) is 2.57. The fourth-order valence-electron chi connectivity index (χ4n) is 1.72. The number of hydrogen-bond acceptors (Lipinski definition) is 2. The maximum absolute atomic E-state index is 10.8. The van der Waals surface area contributed by atoms with Crippen molar-refractivity contribution in [3.05, 3.63) is 36.0 Å². The average Bonchev–Trinajstić information content (AvgIpc) is 2.69. The van der Waals surface area contributed by atoms with Gasteiger partial charge in [-0.25, -0.2) is 5.43 Å². The Morgan fingerprint density at radius 1 is 1.50 bits per heavy atom. The van der Waals surface area contributed by atoms with Gasteiger partial charge in [-0.05, 0) is 11.6 Å². The number of para-hydroxylation sites is 1. The molecule has 0 saturated carbocycles. The Balaban J connectivity index is 2.30. The summed E-state index contributed by atoms with van der Waals surface area (Å²) in [6.45, 7) is 0. The molecule has 83 valence electrons. The van der Waals surface area contributed by atoms with Gasteiger partial charge in [-0.15, -0.1) is 0 Å². The average molecular weight is 219 g/mol. The van der Waals surface area contributed by atoms with Crippen LogP contribution < -0.4 is 11.3 Å². The van der Waals surface area contributed by atoms with Gasteiger partial charge in [0.25, 0.3) is 0 Å². The summed E-state index contributed by atoms with van der Waals surface area (Å²) in [5, 5.41) is 9.86. The second-order valence-corrected chi connectivity index (χ2v) is 3.60. The quantitative estimate of drug-likeness (QED) is 0.528. The van der Waals surface area contributed by atoms with Crippen LogP contribution in [-0.2, 0) is 11.2 Å². The number of aromatic nitrogens is 1. The number of rotatable bonds is 4. The maximum atomic E-state index is 10.8. The molecule has 2 aromatic rings. The van der Waals surface area contributed by atoms with Gasteiger partial charge in [-0.2, -0.15) is 5.84 Å². The molecule has 1 radical (unpaired) electrons. The van der Waals surface area contributed by atoms with Gasteiger partial charge in [0.2, 0.25) is 0 Å². The summed E-state index contributed by atoms with van der Waals surface area (Å²) in [5.74, 6) is 5.95. The molecular formula is C11H12N3O2. The van der Waals surface area contributed by atoms with Crippen LogP contribution in [0, 0.1) is 0 Å². The molecule has 0 spiro atoms. The van der Waals surface area contributed by atoms with E-state index in [-0.39, 0.29) is 0 Å². The largest absolute Gasteiger partial charge is 0.480 e. The summed E-state index contributed by atoms with van der Waals surface area (Å²) in [6, 6.07) is 6.82. The number of carboxylic acids is 1. The first-order valence-corrected chi connectivity index (χ1v) is 4.92. The lowest BCUT2D eigenvalue weighted by Crippen LogP contribution is -2.37. The Labute approximate surface area is 92.2 Å². The highest BCUT2D eigenvalue weighted by molar-refractivity contribution is 5.84. The predicted molar refractivity (Wildman–Crippen MR) is 59.7 cm³/mol. The third kappa shape index (κ3) is 1.91. The fourth-order valence-corrected chi connectivity index (χ4v) is 1.72. The molecular weight excluding hydrogens is 207 g/mol. The Bertz CT molecular complexity index is 507. The number of aromatic amines is 1. The molecule has 0 aliphatic carbocycles. The molecule has 1 aromatic heterocycles. The third-order valence-corrected chi connectivity index (χ3v) is 2.57. The molecule has 0 bridgehead atoms. The van der Waals surface area contributed by atoms with Crippen molar-refractivity contribution in [1.82, 2.24) is 16.3 Å². The first-order chi connectivity index (χ1) is 7.72. The summed E-state index contributed by atoms with van der Waals surface area (Å²) in [5.41, 5.74) is 3.92. The second-order valence-electron chi connectivity index (χ2n) is 3.60. The lowest BCUT2D eigenvalue weighted by Gasteiger charge is -2.08. The van der Waals surface area contributed by atoms with E-state index in [2.05, 4.69) is 4.98 Å². The van der Waals surface area contributed by atoms with E-state index in [0.29, 0.717) is 6.42 Å². The molecule has 5 heteroatoms. The Hall–Kier alpha value is -1.85. The molecule has 0 unspecified atom stereocenters. The monoisotopic (exact) mass is 219 g/mol. The molecule has 1 atom stereocenters. The molecule has 0 aliphatic rings. The lowest BCUT2D eigenvalue weighted by molar-refractivity contribution is -0.139. The Morgan fingerprint density at radius 3 is 2.94 bits per heavy atom. The Morgan fingerprint density at radius 2 is 2.25 bits per heavy atom. The first kappa shape index (κ1) is 10.7. The molecule has 5 nitrogen and oxygen atoms in total. The van der Waals surface area contributed by atoms with Gasteiger partial charge in [0.1, 0.15) is 6.04 Å². The molecule has 1 aromatic carbocycles. The van der Waals surface area contributed by atoms with Crippen molar-refractivity contribution >= 4 is 16.9 Å². The number of hydrogen-bond donors (Lipinski definition) is 3. The highest BCUT2D eigenvalue weighted by Crippen LogP contribution is 2.18. The van der Waals surface area contributed by atoms with Gasteiger partial charge in [-0.3, -0.25) is 4.79 Å². The number of carboxylic acid groups (broad SMARTS) is 1. The number of fused-ring (bicyclic) bond motifs is 1. The zero-order chi connectivity index (χ0) is 11.5. The standard InChI is InChI=1S/C11H12N3O2/c12-14-10(11(15)16)5-7-6-13-9-4-2-1-3-8(7)9/h1-4,6,10,12-14H,5H2,(H,15,16)/t10-/m0/s1/i12+1. The van der Waals surface area contributed by atoms with Crippen molar-refractivity contribution in [2.45, 2.75) is 12.5 Å². The number of nitrogens with one attached hydrogen (secondary N) is 3. The van der Waals surface area contributed by atoms with Gasteiger partial charge in [0, 0.05) is 23.5 Å². The van der Waals surface area contributed by atoms with Crippen LogP contribution in [-0.4, -0.2) is 22.1 Å². The van der Waals surface area contributed by atoms with E-state index in [1.54, 1.807) is 6.20 Å². The molecule has 0 saturated heterocycles. The van der Waals surface area contributed by atoms with Gasteiger partial charge >= 0.3 is 5.97 Å². The highest BCUT2D eigenvalue weighted by atomic mass is 16.4. The zero-order valence-electron chi connectivity index (χ0n) is 8.53. The van der Waals surface area contributed by atoms with Crippen molar-refractivity contribution in [3.63, 3.8) is 0 Å². The van der Waals surface area contributed by atoms with Crippen LogP contribution >= 0.6 is 0 Å². The minimum absolute atomic E-state index is 0.294. The summed E-state index contributed by atoms with van der Waals surface area (Å²) < 4.78 is 0. The van der Waals surface area contributed by atoms with Crippen LogP contribution in [0.5, 0.6) is 0 Å². The SMILES string of the molecule is [15NH]N[C@@H](Cc1c[nH]c2ccccc12)C(=O)O. The summed E-state index contributed by atoms with van der Waals surface area (Å²) in [7, 11) is 0. The van der Waals surface area contributed by atoms with Crippen molar-refractivity contribution in [3.8, 4) is 0 Å². The van der Waals surface area contributed by atoms with Crippen LogP contribution in [0.3, 0.4) is 0 Å². The smallest absolute Gasteiger partial charge is 0.322 e. The Kier molecular flexibility index (Phi) is 2.89. The van der Waals surface area contributed by atoms with Crippen molar-refractivity contribution in [1.29, 1.82) is 0 Å². The van der Waals surface area contributed by atoms with Crippen molar-refractivity contribution < 1.29 is 9.90 Å². The minimum Gasteiger partial charge on any atom is -0.480 e. The van der Waals surface area contributed by atoms with Crippen molar-refractivity contribution in [2.75, 3.05) is 0 Å². The molecule has 0 aliphatic heterocycles. The minimum atomic E-state index is -1.01. The number of benzene rings is 1. The van der Waals surface area contributed by atoms with Crippen LogP contribution in [0.4, 0.5) is 0 Å². The van der Waals surface area contributed by atoms with E-state index >= 15 is 0 Å². The van der Waals surface area contributed by atoms with E-state index < -0.39 is 12.0 Å². The summed E-state index contributed by atoms with van der Waals surface area (Å²) >= 11 is 0. The summed E-state index contributed by atoms with van der Waals surface area (Å²) in [4.78, 5) is 13.9. The number of aliphatic carboxylic acids is 1. The molecule has 16 heavy (non-hydrogen) atoms. The topological polar surface area (TPSA) is 88.9 Å². The predicted octanol–water partition coefficient (Wildman–Crippen LogP) is 0.951. The van der Waals surface area contributed by atoms with Crippen LogP contribution in [0.2, 0.25) is 0 Å². The maximum Gasteiger partial charge on any atom is 0.322 e. The van der Waals surface area contributed by atoms with Crippen LogP contribution in [0.15, 0.2) is 30.5 Å². The second kappa shape index (κ2) is 4.34. The van der Waals surface area contributed by atoms with Gasteiger partial charge in [0.15, 0.2) is 0 Å². The van der Waals surface area contributed by atoms with Gasteiger partial charge in [-0.1, -0.05) is 18.2 Å². The molecule has 1 heterocycles. The number of carbonyl (C=O) groups is 1. The summed E-state index contributed by atoms with van der Waals surface area (Å²) in [6.07, 6.45) is 2.08. The van der Waals surface area contributed by atoms with Gasteiger partial charge in [0.05, 0.1) is 0 Å². The van der Waals surface area contributed by atoms with Crippen molar-refractivity contribution in [2.24, 2.45) is 0 Å². The fraction of sp³-hybridized carbons (Fsp3) is 0.182.